The summed E-state index contributed by atoms with van der Waals surface area (Å²) in [6, 6.07) is 38.5. The molecular weight excluding hydrogens is 466 g/mol. The fourth-order valence-corrected chi connectivity index (χ4v) is 5.24. The predicted molar refractivity (Wildman–Crippen MR) is 156 cm³/mol. The molecule has 4 aromatic carbocycles. The quantitative estimate of drug-likeness (QED) is 0.182. The van der Waals surface area contributed by atoms with Crippen molar-refractivity contribution < 1.29 is 9.53 Å². The number of rotatable bonds is 12. The van der Waals surface area contributed by atoms with Crippen LogP contribution in [0.25, 0.3) is 0 Å². The second-order valence-electron chi connectivity index (χ2n) is 9.81. The topological polar surface area (TPSA) is 29.5 Å². The van der Waals surface area contributed by atoms with Crippen molar-refractivity contribution in [1.29, 1.82) is 0 Å². The lowest BCUT2D eigenvalue weighted by Gasteiger charge is -2.37. The largest absolute Gasteiger partial charge is 0.466 e. The molecule has 38 heavy (non-hydrogen) atoms. The Morgan fingerprint density at radius 1 is 0.737 bits per heavy atom. The number of nitrogens with zero attached hydrogens (tertiary/aromatic N) is 1. The summed E-state index contributed by atoms with van der Waals surface area (Å²) in [4.78, 5) is 15.4. The smallest absolute Gasteiger partial charge is 0.307 e. The van der Waals surface area contributed by atoms with Gasteiger partial charge in [0.2, 0.25) is 0 Å². The Hall–Kier alpha value is -3.69. The van der Waals surface area contributed by atoms with Crippen molar-refractivity contribution in [2.45, 2.75) is 58.7 Å². The molecule has 0 spiro atoms. The molecular formula is C35H39NO2. The van der Waals surface area contributed by atoms with Crippen molar-refractivity contribution in [2.75, 3.05) is 6.61 Å². The molecule has 0 heterocycles. The van der Waals surface area contributed by atoms with Gasteiger partial charge in [0.15, 0.2) is 0 Å². The van der Waals surface area contributed by atoms with E-state index in [4.69, 9.17) is 4.74 Å². The predicted octanol–water partition coefficient (Wildman–Crippen LogP) is 8.10. The van der Waals surface area contributed by atoms with E-state index in [0.29, 0.717) is 13.0 Å². The highest BCUT2D eigenvalue weighted by Gasteiger charge is 2.29. The Labute approximate surface area is 228 Å². The first-order valence-electron chi connectivity index (χ1n) is 13.7. The lowest BCUT2D eigenvalue weighted by molar-refractivity contribution is -0.145. The van der Waals surface area contributed by atoms with Gasteiger partial charge >= 0.3 is 5.97 Å². The maximum absolute atomic E-state index is 13.0. The Morgan fingerprint density at radius 3 is 2.03 bits per heavy atom. The van der Waals surface area contributed by atoms with Crippen molar-refractivity contribution >= 4 is 5.97 Å². The Morgan fingerprint density at radius 2 is 1.34 bits per heavy atom. The van der Waals surface area contributed by atoms with Gasteiger partial charge in [0.1, 0.15) is 0 Å². The van der Waals surface area contributed by atoms with Crippen LogP contribution in [0.5, 0.6) is 0 Å². The highest BCUT2D eigenvalue weighted by Crippen LogP contribution is 2.35. The molecule has 0 aliphatic heterocycles. The number of hydrogen-bond donors (Lipinski definition) is 0. The number of aryl methyl sites for hydroxylation is 1. The molecule has 0 N–H and O–H groups in total. The second kappa shape index (κ2) is 13.7. The van der Waals surface area contributed by atoms with E-state index < -0.39 is 0 Å². The Bertz CT molecular complexity index is 1290. The molecule has 0 saturated heterocycles. The first-order valence-corrected chi connectivity index (χ1v) is 13.7. The first-order chi connectivity index (χ1) is 18.6. The molecule has 1 unspecified atom stereocenters. The molecule has 0 aliphatic rings. The van der Waals surface area contributed by atoms with Gasteiger partial charge in [0.05, 0.1) is 13.0 Å². The van der Waals surface area contributed by atoms with Crippen molar-refractivity contribution in [3.05, 3.63) is 143 Å². The summed E-state index contributed by atoms with van der Waals surface area (Å²) in [5.74, 6) is -0.169. The SMILES string of the molecule is CCOC(=O)CC(c1cccc(Cc2ccccc2CC)c1)N(Cc1ccccc1)[C@H](C)c1ccccc1. The summed E-state index contributed by atoms with van der Waals surface area (Å²) < 4.78 is 5.47. The van der Waals surface area contributed by atoms with Crippen LogP contribution in [0.2, 0.25) is 0 Å². The van der Waals surface area contributed by atoms with Crippen LogP contribution in [0.4, 0.5) is 0 Å². The van der Waals surface area contributed by atoms with Crippen LogP contribution in [0, 0.1) is 0 Å². The molecule has 3 nitrogen and oxygen atoms in total. The molecule has 2 atom stereocenters. The summed E-state index contributed by atoms with van der Waals surface area (Å²) in [6.45, 7) is 7.41. The van der Waals surface area contributed by atoms with Gasteiger partial charge in [-0.05, 0) is 60.1 Å². The normalized spacial score (nSPS) is 12.7. The lowest BCUT2D eigenvalue weighted by Crippen LogP contribution is -2.33. The third-order valence-electron chi connectivity index (χ3n) is 7.28. The number of carbonyl (C=O) groups is 1. The van der Waals surface area contributed by atoms with Crippen molar-refractivity contribution in [3.8, 4) is 0 Å². The van der Waals surface area contributed by atoms with Gasteiger partial charge in [-0.15, -0.1) is 0 Å². The fraction of sp³-hybridized carbons (Fsp3) is 0.286. The molecule has 0 saturated carbocycles. The van der Waals surface area contributed by atoms with Crippen LogP contribution in [0.15, 0.2) is 109 Å². The molecule has 0 amide bonds. The Kier molecular flexibility index (Phi) is 9.89. The zero-order chi connectivity index (χ0) is 26.7. The number of ether oxygens (including phenoxy) is 1. The summed E-state index contributed by atoms with van der Waals surface area (Å²) in [5, 5.41) is 0. The minimum absolute atomic E-state index is 0.0975. The van der Waals surface area contributed by atoms with Crippen molar-refractivity contribution in [2.24, 2.45) is 0 Å². The van der Waals surface area contributed by atoms with E-state index in [0.717, 1.165) is 24.9 Å². The van der Waals surface area contributed by atoms with Gasteiger partial charge in [-0.25, -0.2) is 0 Å². The standard InChI is InChI=1S/C35H39NO2/c1-4-30-18-12-13-21-32(30)23-29-17-14-22-33(24-29)34(25-35(37)38-5-2)36(26-28-15-8-6-9-16-28)27(3)31-19-10-7-11-20-31/h6-22,24,27,34H,4-5,23,25-26H2,1-3H3/t27-,34?/m1/s1. The maximum atomic E-state index is 13.0. The summed E-state index contributed by atoms with van der Waals surface area (Å²) in [5.41, 5.74) is 7.58. The van der Waals surface area contributed by atoms with Crippen LogP contribution < -0.4 is 0 Å². The van der Waals surface area contributed by atoms with Crippen LogP contribution in [-0.2, 0) is 28.9 Å². The number of benzene rings is 4. The fourth-order valence-electron chi connectivity index (χ4n) is 5.24. The Balaban J connectivity index is 1.74. The minimum Gasteiger partial charge on any atom is -0.466 e. The monoisotopic (exact) mass is 505 g/mol. The van der Waals surface area contributed by atoms with E-state index in [1.165, 1.54) is 27.8 Å². The van der Waals surface area contributed by atoms with E-state index in [-0.39, 0.29) is 18.1 Å². The third-order valence-corrected chi connectivity index (χ3v) is 7.28. The zero-order valence-electron chi connectivity index (χ0n) is 22.8. The average Bonchev–Trinajstić information content (AvgIpc) is 2.96. The van der Waals surface area contributed by atoms with Gasteiger partial charge in [0.25, 0.3) is 0 Å². The zero-order valence-corrected chi connectivity index (χ0v) is 22.8. The van der Waals surface area contributed by atoms with Gasteiger partial charge in [0, 0.05) is 18.6 Å². The maximum Gasteiger partial charge on any atom is 0.307 e. The van der Waals surface area contributed by atoms with Crippen LogP contribution in [-0.4, -0.2) is 17.5 Å². The van der Waals surface area contributed by atoms with E-state index in [1.54, 1.807) is 0 Å². The van der Waals surface area contributed by atoms with Crippen LogP contribution >= 0.6 is 0 Å². The third kappa shape index (κ3) is 7.20. The molecule has 196 valence electrons. The number of carbonyl (C=O) groups excluding carboxylic acids is 1. The average molecular weight is 506 g/mol. The minimum atomic E-state index is -0.169. The first kappa shape index (κ1) is 27.3. The van der Waals surface area contributed by atoms with Gasteiger partial charge < -0.3 is 4.74 Å². The van der Waals surface area contributed by atoms with Crippen molar-refractivity contribution in [1.82, 2.24) is 4.90 Å². The highest BCUT2D eigenvalue weighted by atomic mass is 16.5. The number of esters is 1. The summed E-state index contributed by atoms with van der Waals surface area (Å²) in [7, 11) is 0. The second-order valence-corrected chi connectivity index (χ2v) is 9.81. The molecule has 0 fully saturated rings. The summed E-state index contributed by atoms with van der Waals surface area (Å²) >= 11 is 0. The number of hydrogen-bond acceptors (Lipinski definition) is 3. The van der Waals surface area contributed by atoms with E-state index in [1.807, 2.05) is 19.1 Å². The molecule has 4 rings (SSSR count). The molecule has 0 aliphatic carbocycles. The van der Waals surface area contributed by atoms with E-state index in [2.05, 4.69) is 116 Å². The molecule has 0 aromatic heterocycles. The molecule has 0 radical (unpaired) electrons. The van der Waals surface area contributed by atoms with Gasteiger partial charge in [-0.1, -0.05) is 116 Å². The van der Waals surface area contributed by atoms with Crippen molar-refractivity contribution in [3.63, 3.8) is 0 Å². The molecule has 4 aromatic rings. The van der Waals surface area contributed by atoms with Gasteiger partial charge in [-0.2, -0.15) is 0 Å². The van der Waals surface area contributed by atoms with Crippen LogP contribution in [0.1, 0.15) is 72.7 Å². The van der Waals surface area contributed by atoms with Gasteiger partial charge in [-0.3, -0.25) is 9.69 Å². The van der Waals surface area contributed by atoms with E-state index >= 15 is 0 Å². The summed E-state index contributed by atoms with van der Waals surface area (Å²) in [6.07, 6.45) is 2.19. The van der Waals surface area contributed by atoms with E-state index in [9.17, 15) is 4.79 Å². The van der Waals surface area contributed by atoms with Crippen LogP contribution in [0.3, 0.4) is 0 Å². The molecule has 0 bridgehead atoms. The highest BCUT2D eigenvalue weighted by molar-refractivity contribution is 5.70. The lowest BCUT2D eigenvalue weighted by atomic mass is 9.93. The molecule has 3 heteroatoms.